The zero-order chi connectivity index (χ0) is 15.0. The van der Waals surface area contributed by atoms with Crippen LogP contribution < -0.4 is 0 Å². The topological polar surface area (TPSA) is 67.3 Å². The molecule has 1 aliphatic rings. The number of carbonyl (C=O) groups excluding carboxylic acids is 1. The number of para-hydroxylation sites is 1. The van der Waals surface area contributed by atoms with E-state index in [-0.39, 0.29) is 36.2 Å². The summed E-state index contributed by atoms with van der Waals surface area (Å²) in [6, 6.07) is 8.85. The Kier molecular flexibility index (Phi) is 3.59. The van der Waals surface area contributed by atoms with Gasteiger partial charge in [-0.05, 0) is 12.1 Å². The monoisotopic (exact) mass is 324 g/mol. The summed E-state index contributed by atoms with van der Waals surface area (Å²) in [5.74, 6) is -0.280. The molecule has 0 atom stereocenters. The van der Waals surface area contributed by atoms with Gasteiger partial charge in [0.05, 0.1) is 22.0 Å². The fourth-order valence-electron chi connectivity index (χ4n) is 2.32. The van der Waals surface area contributed by atoms with Crippen molar-refractivity contribution in [2.45, 2.75) is 0 Å². The fraction of sp³-hybridized carbons (Fsp3) is 0.286. The molecule has 1 aliphatic heterocycles. The second-order valence-corrected chi connectivity index (χ2v) is 7.66. The van der Waals surface area contributed by atoms with E-state index in [9.17, 15) is 13.2 Å². The highest BCUT2D eigenvalue weighted by Crippen LogP contribution is 2.23. The van der Waals surface area contributed by atoms with E-state index >= 15 is 0 Å². The van der Waals surface area contributed by atoms with E-state index in [0.29, 0.717) is 10.5 Å². The van der Waals surface area contributed by atoms with E-state index in [1.54, 1.807) is 6.07 Å². The first-order chi connectivity index (χ1) is 9.96. The van der Waals surface area contributed by atoms with E-state index in [0.717, 1.165) is 5.39 Å². The first-order valence-electron chi connectivity index (χ1n) is 6.51. The lowest BCUT2D eigenvalue weighted by Gasteiger charge is -2.26. The first-order valence-corrected chi connectivity index (χ1v) is 8.71. The van der Waals surface area contributed by atoms with Crippen LogP contribution in [-0.4, -0.2) is 48.8 Å². The second kappa shape index (κ2) is 5.27. The predicted molar refractivity (Wildman–Crippen MR) is 81.3 cm³/mol. The van der Waals surface area contributed by atoms with Crippen LogP contribution in [0.3, 0.4) is 0 Å². The SMILES string of the molecule is O=C(c1cc(Cl)c2ccccc2n1)N1CCS(=O)(=O)CC1. The Labute approximate surface area is 127 Å². The van der Waals surface area contributed by atoms with E-state index in [4.69, 9.17) is 11.6 Å². The van der Waals surface area contributed by atoms with Crippen molar-refractivity contribution in [1.29, 1.82) is 0 Å². The number of pyridine rings is 1. The Balaban J connectivity index is 1.92. The molecule has 1 aromatic heterocycles. The summed E-state index contributed by atoms with van der Waals surface area (Å²) < 4.78 is 22.8. The maximum atomic E-state index is 12.4. The van der Waals surface area contributed by atoms with Gasteiger partial charge < -0.3 is 4.90 Å². The van der Waals surface area contributed by atoms with Crippen molar-refractivity contribution in [3.8, 4) is 0 Å². The van der Waals surface area contributed by atoms with Crippen molar-refractivity contribution in [3.05, 3.63) is 41.0 Å². The molecule has 2 heterocycles. The van der Waals surface area contributed by atoms with Crippen LogP contribution in [0.2, 0.25) is 5.02 Å². The van der Waals surface area contributed by atoms with Crippen LogP contribution in [0.1, 0.15) is 10.5 Å². The predicted octanol–water partition coefficient (Wildman–Crippen LogP) is 1.76. The highest BCUT2D eigenvalue weighted by molar-refractivity contribution is 7.91. The van der Waals surface area contributed by atoms with Gasteiger partial charge in [-0.15, -0.1) is 0 Å². The molecule has 0 spiro atoms. The molecule has 1 fully saturated rings. The molecule has 1 saturated heterocycles. The summed E-state index contributed by atoms with van der Waals surface area (Å²) in [6.07, 6.45) is 0. The number of benzene rings is 1. The van der Waals surface area contributed by atoms with Crippen LogP contribution >= 0.6 is 11.6 Å². The van der Waals surface area contributed by atoms with Gasteiger partial charge in [-0.25, -0.2) is 13.4 Å². The van der Waals surface area contributed by atoms with Crippen molar-refractivity contribution in [3.63, 3.8) is 0 Å². The molecule has 3 rings (SSSR count). The van der Waals surface area contributed by atoms with Crippen LogP contribution in [0.5, 0.6) is 0 Å². The van der Waals surface area contributed by atoms with Gasteiger partial charge in [-0.1, -0.05) is 29.8 Å². The molecule has 0 unspecified atom stereocenters. The summed E-state index contributed by atoms with van der Waals surface area (Å²) in [7, 11) is -3.01. The average Bonchev–Trinajstić information content (AvgIpc) is 2.46. The molecule has 0 aliphatic carbocycles. The highest BCUT2D eigenvalue weighted by atomic mass is 35.5. The molecular formula is C14H13ClN2O3S. The van der Waals surface area contributed by atoms with Gasteiger partial charge in [0.15, 0.2) is 9.84 Å². The molecule has 0 N–H and O–H groups in total. The summed E-state index contributed by atoms with van der Waals surface area (Å²) in [6.45, 7) is 0.403. The standard InChI is InChI=1S/C14H13ClN2O3S/c15-11-9-13(16-12-4-2-1-3-10(11)12)14(18)17-5-7-21(19,20)8-6-17/h1-4,9H,5-8H2. The van der Waals surface area contributed by atoms with Crippen molar-refractivity contribution in [2.24, 2.45) is 0 Å². The van der Waals surface area contributed by atoms with Gasteiger partial charge in [0, 0.05) is 18.5 Å². The molecule has 2 aromatic rings. The number of rotatable bonds is 1. The van der Waals surface area contributed by atoms with E-state index < -0.39 is 9.84 Å². The van der Waals surface area contributed by atoms with Gasteiger partial charge in [-0.2, -0.15) is 0 Å². The number of hydrogen-bond donors (Lipinski definition) is 0. The summed E-state index contributed by atoms with van der Waals surface area (Å²) in [5.41, 5.74) is 0.899. The quantitative estimate of drug-likeness (QED) is 0.801. The van der Waals surface area contributed by atoms with Crippen LogP contribution in [0.15, 0.2) is 30.3 Å². The van der Waals surface area contributed by atoms with Gasteiger partial charge in [0.2, 0.25) is 0 Å². The lowest BCUT2D eigenvalue weighted by molar-refractivity contribution is 0.0765. The van der Waals surface area contributed by atoms with E-state index in [1.807, 2.05) is 18.2 Å². The fourth-order valence-corrected chi connectivity index (χ4v) is 3.78. The molecule has 0 radical (unpaired) electrons. The minimum atomic E-state index is -3.01. The number of hydrogen-bond acceptors (Lipinski definition) is 4. The molecule has 7 heteroatoms. The Morgan fingerprint density at radius 1 is 1.19 bits per heavy atom. The van der Waals surface area contributed by atoms with Crippen LogP contribution in [0.4, 0.5) is 0 Å². The maximum absolute atomic E-state index is 12.4. The van der Waals surface area contributed by atoms with Crippen molar-refractivity contribution < 1.29 is 13.2 Å². The number of nitrogens with zero attached hydrogens (tertiary/aromatic N) is 2. The molecular weight excluding hydrogens is 312 g/mol. The van der Waals surface area contributed by atoms with E-state index in [2.05, 4.69) is 4.98 Å². The van der Waals surface area contributed by atoms with Crippen LogP contribution in [0, 0.1) is 0 Å². The molecule has 1 amide bonds. The normalized spacial score (nSPS) is 17.9. The van der Waals surface area contributed by atoms with Gasteiger partial charge in [0.25, 0.3) is 5.91 Å². The number of sulfone groups is 1. The molecule has 21 heavy (non-hydrogen) atoms. The first kappa shape index (κ1) is 14.3. The number of aromatic nitrogens is 1. The van der Waals surface area contributed by atoms with Gasteiger partial charge in [-0.3, -0.25) is 4.79 Å². The lowest BCUT2D eigenvalue weighted by atomic mass is 10.2. The molecule has 5 nitrogen and oxygen atoms in total. The molecule has 110 valence electrons. The summed E-state index contributed by atoms with van der Waals surface area (Å²) in [5, 5.41) is 1.26. The van der Waals surface area contributed by atoms with Gasteiger partial charge in [0.1, 0.15) is 5.69 Å². The third kappa shape index (κ3) is 2.87. The second-order valence-electron chi connectivity index (χ2n) is 4.95. The third-order valence-corrected chi connectivity index (χ3v) is 5.44. The van der Waals surface area contributed by atoms with Crippen molar-refractivity contribution >= 4 is 38.2 Å². The Morgan fingerprint density at radius 2 is 1.86 bits per heavy atom. The van der Waals surface area contributed by atoms with Crippen molar-refractivity contribution in [2.75, 3.05) is 24.6 Å². The minimum absolute atomic E-state index is 0.0000530. The lowest BCUT2D eigenvalue weighted by Crippen LogP contribution is -2.44. The van der Waals surface area contributed by atoms with Gasteiger partial charge >= 0.3 is 0 Å². The zero-order valence-corrected chi connectivity index (χ0v) is 12.7. The third-order valence-electron chi connectivity index (χ3n) is 3.52. The summed E-state index contributed by atoms with van der Waals surface area (Å²) >= 11 is 6.18. The number of fused-ring (bicyclic) bond motifs is 1. The molecule has 0 saturated carbocycles. The molecule has 1 aromatic carbocycles. The maximum Gasteiger partial charge on any atom is 0.272 e. The number of carbonyl (C=O) groups is 1. The number of amides is 1. The summed E-state index contributed by atoms with van der Waals surface area (Å²) in [4.78, 5) is 18.2. The highest BCUT2D eigenvalue weighted by Gasteiger charge is 2.26. The largest absolute Gasteiger partial charge is 0.335 e. The van der Waals surface area contributed by atoms with Crippen molar-refractivity contribution in [1.82, 2.24) is 9.88 Å². The number of halogens is 1. The minimum Gasteiger partial charge on any atom is -0.335 e. The van der Waals surface area contributed by atoms with Crippen LogP contribution in [0.25, 0.3) is 10.9 Å². The Bertz CT molecular complexity index is 806. The van der Waals surface area contributed by atoms with E-state index in [1.165, 1.54) is 11.0 Å². The van der Waals surface area contributed by atoms with Crippen LogP contribution in [-0.2, 0) is 9.84 Å². The smallest absolute Gasteiger partial charge is 0.272 e. The molecule has 0 bridgehead atoms. The Hall–Kier alpha value is -1.66. The Morgan fingerprint density at radius 3 is 2.57 bits per heavy atom. The zero-order valence-electron chi connectivity index (χ0n) is 11.1. The average molecular weight is 325 g/mol.